The van der Waals surface area contributed by atoms with Crippen LogP contribution >= 0.6 is 24.0 Å². The van der Waals surface area contributed by atoms with Crippen molar-refractivity contribution in [3.8, 4) is 0 Å². The van der Waals surface area contributed by atoms with E-state index >= 15 is 0 Å². The van der Waals surface area contributed by atoms with Crippen molar-refractivity contribution >= 4 is 35.9 Å². The van der Waals surface area contributed by atoms with Crippen molar-refractivity contribution in [2.45, 2.75) is 85.7 Å². The third kappa shape index (κ3) is 13.0. The third-order valence-electron chi connectivity index (χ3n) is 5.30. The summed E-state index contributed by atoms with van der Waals surface area (Å²) >= 11 is 0. The zero-order chi connectivity index (χ0) is 21.7. The first-order valence-corrected chi connectivity index (χ1v) is 11.8. The number of halogens is 1. The lowest BCUT2D eigenvalue weighted by Gasteiger charge is -2.24. The molecular weight excluding hydrogens is 491 g/mol. The number of nitrogens with one attached hydrogen (secondary N) is 1. The summed E-state index contributed by atoms with van der Waals surface area (Å²) in [4.78, 5) is 21.5. The van der Waals surface area contributed by atoms with Crippen molar-refractivity contribution in [2.24, 2.45) is 10.9 Å². The highest BCUT2D eigenvalue weighted by Crippen LogP contribution is 2.18. The second-order valence-corrected chi connectivity index (χ2v) is 9.07. The van der Waals surface area contributed by atoms with E-state index in [1.165, 1.54) is 13.0 Å². The molecule has 1 N–H and O–H groups in total. The maximum absolute atomic E-state index is 11.7. The molecule has 0 aromatic carbocycles. The van der Waals surface area contributed by atoms with Crippen molar-refractivity contribution in [3.63, 3.8) is 0 Å². The third-order valence-corrected chi connectivity index (χ3v) is 5.30. The molecule has 0 radical (unpaired) electrons. The fourth-order valence-corrected chi connectivity index (χ4v) is 3.76. The first-order valence-electron chi connectivity index (χ1n) is 11.8. The van der Waals surface area contributed by atoms with Crippen molar-refractivity contribution in [3.05, 3.63) is 0 Å². The molecule has 0 aliphatic carbocycles. The van der Waals surface area contributed by atoms with Crippen LogP contribution in [-0.2, 0) is 9.53 Å². The van der Waals surface area contributed by atoms with Gasteiger partial charge in [0.1, 0.15) is 5.60 Å². The Morgan fingerprint density at radius 1 is 1.13 bits per heavy atom. The Hall–Kier alpha value is -0.570. The topological polar surface area (TPSA) is 57.2 Å². The van der Waals surface area contributed by atoms with Gasteiger partial charge in [-0.25, -0.2) is 0 Å². The number of guanidine groups is 1. The van der Waals surface area contributed by atoms with E-state index in [1.54, 1.807) is 0 Å². The number of hydrogen-bond donors (Lipinski definition) is 1. The average Bonchev–Trinajstić information content (AvgIpc) is 3.11. The van der Waals surface area contributed by atoms with Gasteiger partial charge in [0.15, 0.2) is 5.96 Å². The van der Waals surface area contributed by atoms with Gasteiger partial charge in [-0.15, -0.1) is 24.0 Å². The molecule has 178 valence electrons. The van der Waals surface area contributed by atoms with Crippen LogP contribution in [0.15, 0.2) is 4.99 Å². The summed E-state index contributed by atoms with van der Waals surface area (Å²) < 4.78 is 5.35. The molecule has 1 unspecified atom stereocenters. The first-order chi connectivity index (χ1) is 13.8. The number of carbonyl (C=O) groups excluding carboxylic acids is 1. The number of carbonyl (C=O) groups is 1. The van der Waals surface area contributed by atoms with Crippen molar-refractivity contribution in [1.82, 2.24) is 15.1 Å². The van der Waals surface area contributed by atoms with E-state index < -0.39 is 0 Å². The number of hydrogen-bond acceptors (Lipinski definition) is 4. The zero-order valence-electron chi connectivity index (χ0n) is 20.3. The number of unbranched alkanes of at least 4 members (excludes halogenated alkanes) is 3. The van der Waals surface area contributed by atoms with Crippen LogP contribution in [0.3, 0.4) is 0 Å². The van der Waals surface area contributed by atoms with Gasteiger partial charge in [0.05, 0.1) is 0 Å². The Morgan fingerprint density at radius 2 is 1.80 bits per heavy atom. The summed E-state index contributed by atoms with van der Waals surface area (Å²) in [7, 11) is 0. The smallest absolute Gasteiger partial charge is 0.306 e. The minimum Gasteiger partial charge on any atom is -0.460 e. The van der Waals surface area contributed by atoms with Gasteiger partial charge in [0.2, 0.25) is 0 Å². The highest BCUT2D eigenvalue weighted by atomic mass is 127. The van der Waals surface area contributed by atoms with Crippen LogP contribution in [-0.4, -0.2) is 73.1 Å². The predicted octanol–water partition coefficient (Wildman–Crippen LogP) is 4.53. The summed E-state index contributed by atoms with van der Waals surface area (Å²) in [6.07, 6.45) is 5.91. The summed E-state index contributed by atoms with van der Waals surface area (Å²) in [6, 6.07) is 0. The fourth-order valence-electron chi connectivity index (χ4n) is 3.76. The summed E-state index contributed by atoms with van der Waals surface area (Å²) in [6.45, 7) is 19.8. The molecule has 1 aliphatic heterocycles. The standard InChI is InChI=1S/C23H46N4O2.HI/c1-7-24-22(27-17-15-20(19-27)18-26(8-2)9-3)25-16-13-11-10-12-14-21(28)29-23(4,5)6;/h20H,7-19H2,1-6H3,(H,24,25);1H. The second-order valence-electron chi connectivity index (χ2n) is 9.07. The Morgan fingerprint density at radius 3 is 2.40 bits per heavy atom. The second kappa shape index (κ2) is 16.1. The minimum absolute atomic E-state index is 0. The van der Waals surface area contributed by atoms with Crippen LogP contribution in [0.1, 0.15) is 80.1 Å². The summed E-state index contributed by atoms with van der Waals surface area (Å²) in [5.41, 5.74) is -0.381. The van der Waals surface area contributed by atoms with Gasteiger partial charge in [0.25, 0.3) is 0 Å². The number of ether oxygens (including phenoxy) is 1. The lowest BCUT2D eigenvalue weighted by Crippen LogP contribution is -2.41. The van der Waals surface area contributed by atoms with Crippen molar-refractivity contribution < 1.29 is 9.53 Å². The Balaban J connectivity index is 0.00000841. The van der Waals surface area contributed by atoms with E-state index in [-0.39, 0.29) is 35.5 Å². The molecule has 0 aromatic rings. The van der Waals surface area contributed by atoms with Crippen molar-refractivity contribution in [1.29, 1.82) is 0 Å². The molecule has 1 aliphatic rings. The van der Waals surface area contributed by atoms with Gasteiger partial charge in [0, 0.05) is 39.1 Å². The quantitative estimate of drug-likeness (QED) is 0.130. The van der Waals surface area contributed by atoms with Gasteiger partial charge in [-0.3, -0.25) is 9.79 Å². The van der Waals surface area contributed by atoms with Gasteiger partial charge in [-0.05, 0) is 66.0 Å². The highest BCUT2D eigenvalue weighted by molar-refractivity contribution is 14.0. The van der Waals surface area contributed by atoms with Crippen LogP contribution in [0.5, 0.6) is 0 Å². The molecular formula is C23H47IN4O2. The minimum atomic E-state index is -0.381. The van der Waals surface area contributed by atoms with Crippen LogP contribution in [0, 0.1) is 5.92 Å². The number of esters is 1. The molecule has 0 spiro atoms. The molecule has 1 atom stereocenters. The van der Waals surface area contributed by atoms with Crippen molar-refractivity contribution in [2.75, 3.05) is 45.8 Å². The molecule has 7 heteroatoms. The molecule has 30 heavy (non-hydrogen) atoms. The SMILES string of the molecule is CCNC(=NCCCCCCC(=O)OC(C)(C)C)N1CCC(CN(CC)CC)C1.I. The van der Waals surface area contributed by atoms with Crippen LogP contribution in [0.2, 0.25) is 0 Å². The van der Waals surface area contributed by atoms with E-state index in [9.17, 15) is 4.79 Å². The molecule has 0 saturated carbocycles. The van der Waals surface area contributed by atoms with E-state index in [2.05, 4.69) is 35.9 Å². The van der Waals surface area contributed by atoms with Crippen LogP contribution in [0.25, 0.3) is 0 Å². The Bertz CT molecular complexity index is 490. The number of likely N-dealkylation sites (tertiary alicyclic amines) is 1. The van der Waals surface area contributed by atoms with E-state index in [4.69, 9.17) is 9.73 Å². The van der Waals surface area contributed by atoms with E-state index in [0.29, 0.717) is 6.42 Å². The first kappa shape index (κ1) is 29.4. The van der Waals surface area contributed by atoms with Crippen LogP contribution in [0.4, 0.5) is 0 Å². The van der Waals surface area contributed by atoms with Gasteiger partial charge in [-0.2, -0.15) is 0 Å². The zero-order valence-corrected chi connectivity index (χ0v) is 22.7. The number of nitrogens with zero attached hydrogens (tertiary/aromatic N) is 3. The lowest BCUT2D eigenvalue weighted by molar-refractivity contribution is -0.154. The Kier molecular flexibility index (Phi) is 15.8. The molecule has 1 saturated heterocycles. The van der Waals surface area contributed by atoms with E-state index in [0.717, 1.165) is 76.8 Å². The molecule has 6 nitrogen and oxygen atoms in total. The lowest BCUT2D eigenvalue weighted by atomic mass is 10.1. The maximum Gasteiger partial charge on any atom is 0.306 e. The van der Waals surface area contributed by atoms with E-state index in [1.807, 2.05) is 20.8 Å². The normalized spacial score (nSPS) is 17.2. The molecule has 1 fully saturated rings. The molecule has 0 bridgehead atoms. The molecule has 1 heterocycles. The monoisotopic (exact) mass is 538 g/mol. The molecule has 0 aromatic heterocycles. The van der Waals surface area contributed by atoms with Gasteiger partial charge in [-0.1, -0.05) is 26.7 Å². The van der Waals surface area contributed by atoms with Crippen LogP contribution < -0.4 is 5.32 Å². The predicted molar refractivity (Wildman–Crippen MR) is 138 cm³/mol. The maximum atomic E-state index is 11.7. The molecule has 0 amide bonds. The van der Waals surface area contributed by atoms with Gasteiger partial charge >= 0.3 is 5.97 Å². The Labute approximate surface area is 202 Å². The fraction of sp³-hybridized carbons (Fsp3) is 0.913. The van der Waals surface area contributed by atoms with Gasteiger partial charge < -0.3 is 19.9 Å². The summed E-state index contributed by atoms with van der Waals surface area (Å²) in [5.74, 6) is 1.73. The number of rotatable bonds is 12. The largest absolute Gasteiger partial charge is 0.460 e. The highest BCUT2D eigenvalue weighted by Gasteiger charge is 2.25. The molecule has 1 rings (SSSR count). The number of aliphatic imine (C=N–C) groups is 1. The average molecular weight is 539 g/mol. The summed E-state index contributed by atoms with van der Waals surface area (Å²) in [5, 5.41) is 3.47.